The smallest absolute Gasteiger partial charge is 0.160 e. The molecule has 1 N–H and O–H groups in total. The maximum absolute atomic E-state index is 4.91. The number of nitrogens with zero attached hydrogens (tertiary/aromatic N) is 3. The minimum Gasteiger partial charge on any atom is -0.314 e. The Hall–Kier alpha value is -1.42. The molecule has 0 spiro atoms. The molecule has 1 saturated carbocycles. The van der Waals surface area contributed by atoms with Crippen molar-refractivity contribution in [2.24, 2.45) is 0 Å². The average Bonchev–Trinajstić information content (AvgIpc) is 3.14. The van der Waals surface area contributed by atoms with Gasteiger partial charge in [0.15, 0.2) is 5.65 Å². The molecule has 21 heavy (non-hydrogen) atoms. The zero-order chi connectivity index (χ0) is 14.1. The first kappa shape index (κ1) is 13.3. The van der Waals surface area contributed by atoms with Crippen molar-refractivity contribution in [2.45, 2.75) is 63.5 Å². The number of pyridine rings is 1. The summed E-state index contributed by atoms with van der Waals surface area (Å²) in [5.41, 5.74) is 2.16. The van der Waals surface area contributed by atoms with Crippen LogP contribution in [0.15, 0.2) is 18.3 Å². The maximum atomic E-state index is 4.91. The standard InChI is InChI=1S/C17H24N4/c1-2-8-14(7-1)21-16(12-13-6-3-4-10-18-13)20-15-9-5-11-19-17(15)21/h5,9,11,13-14,18H,1-4,6-8,10,12H2. The average molecular weight is 284 g/mol. The Morgan fingerprint density at radius 1 is 1.14 bits per heavy atom. The Kier molecular flexibility index (Phi) is 3.63. The lowest BCUT2D eigenvalue weighted by Crippen LogP contribution is -2.36. The van der Waals surface area contributed by atoms with Gasteiger partial charge in [-0.15, -0.1) is 0 Å². The second-order valence-electron chi connectivity index (χ2n) is 6.53. The number of piperidine rings is 1. The molecule has 1 aliphatic heterocycles. The predicted molar refractivity (Wildman–Crippen MR) is 84.4 cm³/mol. The minimum absolute atomic E-state index is 0.593. The van der Waals surface area contributed by atoms with Crippen LogP contribution >= 0.6 is 0 Å². The maximum Gasteiger partial charge on any atom is 0.160 e. The molecule has 1 atom stereocenters. The third-order valence-corrected chi connectivity index (χ3v) is 5.05. The first-order valence-corrected chi connectivity index (χ1v) is 8.47. The van der Waals surface area contributed by atoms with Crippen molar-refractivity contribution in [3.8, 4) is 0 Å². The second kappa shape index (κ2) is 5.76. The number of aromatic nitrogens is 3. The highest BCUT2D eigenvalue weighted by atomic mass is 15.2. The van der Waals surface area contributed by atoms with Crippen LogP contribution in [0.4, 0.5) is 0 Å². The fraction of sp³-hybridized carbons (Fsp3) is 0.647. The highest BCUT2D eigenvalue weighted by Crippen LogP contribution is 2.33. The van der Waals surface area contributed by atoms with Gasteiger partial charge in [-0.3, -0.25) is 0 Å². The van der Waals surface area contributed by atoms with Gasteiger partial charge >= 0.3 is 0 Å². The van der Waals surface area contributed by atoms with Gasteiger partial charge in [0.05, 0.1) is 0 Å². The van der Waals surface area contributed by atoms with Gasteiger partial charge in [0.1, 0.15) is 11.3 Å². The zero-order valence-electron chi connectivity index (χ0n) is 12.6. The molecule has 0 bridgehead atoms. The molecule has 2 fully saturated rings. The van der Waals surface area contributed by atoms with Crippen LogP contribution in [0.25, 0.3) is 11.2 Å². The monoisotopic (exact) mass is 284 g/mol. The molecule has 1 aliphatic carbocycles. The third-order valence-electron chi connectivity index (χ3n) is 5.05. The normalized spacial score (nSPS) is 23.9. The molecule has 4 nitrogen and oxygen atoms in total. The lowest BCUT2D eigenvalue weighted by molar-refractivity contribution is 0.384. The van der Waals surface area contributed by atoms with E-state index < -0.39 is 0 Å². The summed E-state index contributed by atoms with van der Waals surface area (Å²) in [6.45, 7) is 1.16. The van der Waals surface area contributed by atoms with E-state index in [1.54, 1.807) is 0 Å². The SMILES string of the molecule is c1cnc2c(c1)nc(CC1CCCCN1)n2C1CCCC1. The van der Waals surface area contributed by atoms with Crippen LogP contribution in [0.2, 0.25) is 0 Å². The molecule has 2 aliphatic rings. The largest absolute Gasteiger partial charge is 0.314 e. The highest BCUT2D eigenvalue weighted by Gasteiger charge is 2.25. The summed E-state index contributed by atoms with van der Waals surface area (Å²) < 4.78 is 2.46. The van der Waals surface area contributed by atoms with E-state index in [4.69, 9.17) is 4.98 Å². The molecule has 112 valence electrons. The summed E-state index contributed by atoms with van der Waals surface area (Å²) in [6, 6.07) is 5.31. The first-order valence-electron chi connectivity index (χ1n) is 8.47. The van der Waals surface area contributed by atoms with E-state index in [0.717, 1.165) is 24.1 Å². The van der Waals surface area contributed by atoms with E-state index in [1.807, 2.05) is 12.3 Å². The van der Waals surface area contributed by atoms with Crippen LogP contribution in [0, 0.1) is 0 Å². The van der Waals surface area contributed by atoms with Crippen molar-refractivity contribution in [3.63, 3.8) is 0 Å². The molecular formula is C17H24N4. The molecule has 4 heteroatoms. The number of hydrogen-bond acceptors (Lipinski definition) is 3. The van der Waals surface area contributed by atoms with E-state index in [-0.39, 0.29) is 0 Å². The Labute approximate surface area is 126 Å². The van der Waals surface area contributed by atoms with Gasteiger partial charge in [-0.25, -0.2) is 9.97 Å². The lowest BCUT2D eigenvalue weighted by atomic mass is 10.0. The van der Waals surface area contributed by atoms with Crippen molar-refractivity contribution in [2.75, 3.05) is 6.54 Å². The molecule has 1 unspecified atom stereocenters. The Morgan fingerprint density at radius 2 is 2.00 bits per heavy atom. The molecule has 0 radical (unpaired) electrons. The van der Waals surface area contributed by atoms with Crippen LogP contribution in [0.5, 0.6) is 0 Å². The summed E-state index contributed by atoms with van der Waals surface area (Å²) in [5.74, 6) is 1.25. The van der Waals surface area contributed by atoms with Gasteiger partial charge in [-0.1, -0.05) is 19.3 Å². The summed E-state index contributed by atoms with van der Waals surface area (Å²) in [6.07, 6.45) is 12.2. The van der Waals surface area contributed by atoms with Crippen molar-refractivity contribution in [1.29, 1.82) is 0 Å². The molecule has 0 amide bonds. The van der Waals surface area contributed by atoms with Crippen LogP contribution < -0.4 is 5.32 Å². The molecular weight excluding hydrogens is 260 g/mol. The van der Waals surface area contributed by atoms with Crippen molar-refractivity contribution in [1.82, 2.24) is 19.9 Å². The zero-order valence-corrected chi connectivity index (χ0v) is 12.6. The van der Waals surface area contributed by atoms with E-state index in [0.29, 0.717) is 12.1 Å². The van der Waals surface area contributed by atoms with Gasteiger partial charge in [-0.05, 0) is 44.4 Å². The quantitative estimate of drug-likeness (QED) is 0.941. The van der Waals surface area contributed by atoms with Gasteiger partial charge in [-0.2, -0.15) is 0 Å². The summed E-state index contributed by atoms with van der Waals surface area (Å²) in [7, 11) is 0. The van der Waals surface area contributed by atoms with Crippen molar-refractivity contribution >= 4 is 11.2 Å². The summed E-state index contributed by atoms with van der Waals surface area (Å²) >= 11 is 0. The summed E-state index contributed by atoms with van der Waals surface area (Å²) in [4.78, 5) is 9.53. The fourth-order valence-electron chi connectivity index (χ4n) is 3.99. The fourth-order valence-corrected chi connectivity index (χ4v) is 3.99. The van der Waals surface area contributed by atoms with E-state index in [1.165, 1.54) is 50.8 Å². The molecule has 2 aromatic heterocycles. The second-order valence-corrected chi connectivity index (χ2v) is 6.53. The van der Waals surface area contributed by atoms with Crippen molar-refractivity contribution in [3.05, 3.63) is 24.2 Å². The first-order chi connectivity index (χ1) is 10.4. The number of fused-ring (bicyclic) bond motifs is 1. The number of rotatable bonds is 3. The topological polar surface area (TPSA) is 42.7 Å². The highest BCUT2D eigenvalue weighted by molar-refractivity contribution is 5.71. The van der Waals surface area contributed by atoms with Crippen LogP contribution in [0.3, 0.4) is 0 Å². The van der Waals surface area contributed by atoms with Gasteiger partial charge in [0, 0.05) is 24.7 Å². The van der Waals surface area contributed by atoms with Crippen LogP contribution in [0.1, 0.15) is 56.8 Å². The number of imidazole rings is 1. The van der Waals surface area contributed by atoms with Crippen LogP contribution in [-0.4, -0.2) is 27.1 Å². The molecule has 2 aromatic rings. The molecule has 0 aromatic carbocycles. The minimum atomic E-state index is 0.593. The van der Waals surface area contributed by atoms with E-state index in [9.17, 15) is 0 Å². The van der Waals surface area contributed by atoms with Crippen LogP contribution in [-0.2, 0) is 6.42 Å². The molecule has 3 heterocycles. The predicted octanol–water partition coefficient (Wildman–Crippen LogP) is 3.23. The Balaban J connectivity index is 1.70. The Morgan fingerprint density at radius 3 is 2.81 bits per heavy atom. The molecule has 1 saturated heterocycles. The summed E-state index contributed by atoms with van der Waals surface area (Å²) in [5, 5.41) is 3.66. The van der Waals surface area contributed by atoms with Gasteiger partial charge in [0.2, 0.25) is 0 Å². The van der Waals surface area contributed by atoms with E-state index in [2.05, 4.69) is 20.9 Å². The van der Waals surface area contributed by atoms with Gasteiger partial charge in [0.25, 0.3) is 0 Å². The number of nitrogens with one attached hydrogen (secondary N) is 1. The third kappa shape index (κ3) is 2.57. The molecule has 4 rings (SSSR count). The number of hydrogen-bond donors (Lipinski definition) is 1. The van der Waals surface area contributed by atoms with E-state index >= 15 is 0 Å². The lowest BCUT2D eigenvalue weighted by Gasteiger charge is -2.24. The van der Waals surface area contributed by atoms with Gasteiger partial charge < -0.3 is 9.88 Å². The van der Waals surface area contributed by atoms with Crippen molar-refractivity contribution < 1.29 is 0 Å². The Bertz CT molecular complexity index is 606.